The molecule has 0 fully saturated rings. The third-order valence-corrected chi connectivity index (χ3v) is 4.40. The molecule has 0 aromatic heterocycles. The third-order valence-electron chi connectivity index (χ3n) is 2.54. The second-order valence-corrected chi connectivity index (χ2v) is 5.96. The zero-order valence-electron chi connectivity index (χ0n) is 11.1. The summed E-state index contributed by atoms with van der Waals surface area (Å²) in [6.07, 6.45) is -0.520. The fourth-order valence-corrected chi connectivity index (χ4v) is 2.75. The number of aliphatic hydroxyl groups excluding tert-OH is 1. The lowest BCUT2D eigenvalue weighted by atomic mass is 10.2. The summed E-state index contributed by atoms with van der Waals surface area (Å²) in [5.74, 6) is -0.461. The number of carbonyl (C=O) groups excluding carboxylic acids is 1. The molecular formula is C13H18ClNO3S. The number of anilines is 1. The predicted molar refractivity (Wildman–Crippen MR) is 78.8 cm³/mol. The van der Waals surface area contributed by atoms with E-state index in [0.29, 0.717) is 21.2 Å². The summed E-state index contributed by atoms with van der Waals surface area (Å²) in [6.45, 7) is 5.56. The van der Waals surface area contributed by atoms with Crippen LogP contribution in [0.1, 0.15) is 31.1 Å². The van der Waals surface area contributed by atoms with E-state index in [-0.39, 0.29) is 11.9 Å². The third kappa shape index (κ3) is 4.30. The van der Waals surface area contributed by atoms with Crippen molar-refractivity contribution in [3.05, 3.63) is 22.7 Å². The minimum atomic E-state index is -0.520. The van der Waals surface area contributed by atoms with Crippen molar-refractivity contribution in [3.63, 3.8) is 0 Å². The molecule has 0 aliphatic carbocycles. The van der Waals surface area contributed by atoms with Gasteiger partial charge in [-0.1, -0.05) is 18.5 Å². The number of rotatable bonds is 5. The number of hydrogen-bond acceptors (Lipinski definition) is 5. The van der Waals surface area contributed by atoms with Gasteiger partial charge in [0, 0.05) is 15.8 Å². The molecule has 6 heteroatoms. The number of aliphatic hydroxyl groups is 1. The maximum atomic E-state index is 11.9. The van der Waals surface area contributed by atoms with E-state index in [1.807, 2.05) is 6.92 Å². The van der Waals surface area contributed by atoms with E-state index in [2.05, 4.69) is 0 Å². The van der Waals surface area contributed by atoms with Gasteiger partial charge in [0.1, 0.15) is 0 Å². The van der Waals surface area contributed by atoms with Crippen LogP contribution >= 0.6 is 23.4 Å². The zero-order valence-corrected chi connectivity index (χ0v) is 12.7. The summed E-state index contributed by atoms with van der Waals surface area (Å²) in [5, 5.41) is 9.84. The highest BCUT2D eigenvalue weighted by Gasteiger charge is 2.21. The first-order valence-electron chi connectivity index (χ1n) is 5.97. The van der Waals surface area contributed by atoms with Crippen molar-refractivity contribution in [1.29, 1.82) is 0 Å². The molecule has 1 rings (SSSR count). The Morgan fingerprint density at radius 1 is 1.53 bits per heavy atom. The maximum Gasteiger partial charge on any atom is 0.339 e. The van der Waals surface area contributed by atoms with Crippen molar-refractivity contribution in [2.24, 2.45) is 0 Å². The van der Waals surface area contributed by atoms with E-state index in [9.17, 15) is 9.90 Å². The van der Waals surface area contributed by atoms with Gasteiger partial charge in [-0.2, -0.15) is 0 Å². The quantitative estimate of drug-likeness (QED) is 0.497. The molecule has 2 atom stereocenters. The molecule has 2 unspecified atom stereocenters. The molecule has 0 aliphatic rings. The SMILES string of the molecule is CCOC(=O)c1cc(N)cc(Cl)c1SC(C)C(C)O. The molecule has 0 heterocycles. The number of esters is 1. The standard InChI is InChI=1S/C13H18ClNO3S/c1-4-18-13(17)10-5-9(15)6-11(14)12(10)19-8(3)7(2)16/h5-8,16H,4,15H2,1-3H3. The normalized spacial score (nSPS) is 13.9. The number of nitrogen functional groups attached to an aromatic ring is 1. The fourth-order valence-electron chi connectivity index (χ4n) is 1.38. The molecule has 19 heavy (non-hydrogen) atoms. The maximum absolute atomic E-state index is 11.9. The fraction of sp³-hybridized carbons (Fsp3) is 0.462. The van der Waals surface area contributed by atoms with Crippen molar-refractivity contribution in [2.75, 3.05) is 12.3 Å². The van der Waals surface area contributed by atoms with E-state index in [1.54, 1.807) is 26.0 Å². The van der Waals surface area contributed by atoms with Gasteiger partial charge in [0.2, 0.25) is 0 Å². The van der Waals surface area contributed by atoms with Crippen molar-refractivity contribution < 1.29 is 14.6 Å². The first-order valence-corrected chi connectivity index (χ1v) is 7.23. The van der Waals surface area contributed by atoms with Crippen LogP contribution < -0.4 is 5.73 Å². The Balaban J connectivity index is 3.16. The summed E-state index contributed by atoms with van der Waals surface area (Å²) in [4.78, 5) is 12.5. The lowest BCUT2D eigenvalue weighted by molar-refractivity contribution is 0.0522. The molecule has 1 aromatic rings. The average Bonchev–Trinajstić information content (AvgIpc) is 2.32. The second-order valence-electron chi connectivity index (χ2n) is 4.16. The van der Waals surface area contributed by atoms with Crippen molar-refractivity contribution in [3.8, 4) is 0 Å². The monoisotopic (exact) mass is 303 g/mol. The highest BCUT2D eigenvalue weighted by Crippen LogP contribution is 2.36. The minimum Gasteiger partial charge on any atom is -0.462 e. The highest BCUT2D eigenvalue weighted by molar-refractivity contribution is 8.00. The van der Waals surface area contributed by atoms with Gasteiger partial charge in [-0.25, -0.2) is 4.79 Å². The lowest BCUT2D eigenvalue weighted by Gasteiger charge is -2.17. The van der Waals surface area contributed by atoms with E-state index >= 15 is 0 Å². The Hall–Kier alpha value is -0.910. The van der Waals surface area contributed by atoms with Gasteiger partial charge in [-0.15, -0.1) is 11.8 Å². The Morgan fingerprint density at radius 3 is 2.68 bits per heavy atom. The number of carbonyl (C=O) groups is 1. The van der Waals surface area contributed by atoms with Crippen molar-refractivity contribution >= 4 is 35.0 Å². The smallest absolute Gasteiger partial charge is 0.339 e. The van der Waals surface area contributed by atoms with E-state index < -0.39 is 12.1 Å². The molecule has 0 saturated heterocycles. The predicted octanol–water partition coefficient (Wildman–Crippen LogP) is 2.96. The number of thioether (sulfide) groups is 1. The Bertz CT molecular complexity index is 465. The second kappa shape index (κ2) is 7.03. The summed E-state index contributed by atoms with van der Waals surface area (Å²) in [7, 11) is 0. The molecule has 0 aliphatic heterocycles. The van der Waals surface area contributed by atoms with Crippen LogP contribution in [0.15, 0.2) is 17.0 Å². The molecule has 106 valence electrons. The largest absolute Gasteiger partial charge is 0.462 e. The average molecular weight is 304 g/mol. The number of halogens is 1. The number of benzene rings is 1. The van der Waals surface area contributed by atoms with Crippen LogP contribution in [0.3, 0.4) is 0 Å². The molecule has 0 radical (unpaired) electrons. The van der Waals surface area contributed by atoms with Gasteiger partial charge in [0.15, 0.2) is 0 Å². The van der Waals surface area contributed by atoms with Gasteiger partial charge in [-0.3, -0.25) is 0 Å². The molecule has 3 N–H and O–H groups in total. The lowest BCUT2D eigenvalue weighted by Crippen LogP contribution is -2.16. The molecular weight excluding hydrogens is 286 g/mol. The van der Waals surface area contributed by atoms with Gasteiger partial charge >= 0.3 is 5.97 Å². The highest BCUT2D eigenvalue weighted by atomic mass is 35.5. The number of nitrogens with two attached hydrogens (primary N) is 1. The molecule has 4 nitrogen and oxygen atoms in total. The minimum absolute atomic E-state index is 0.102. The molecule has 1 aromatic carbocycles. The van der Waals surface area contributed by atoms with Gasteiger partial charge in [0.05, 0.1) is 23.3 Å². The van der Waals surface area contributed by atoms with Crippen LogP contribution in [0.5, 0.6) is 0 Å². The van der Waals surface area contributed by atoms with Gasteiger partial charge in [0.25, 0.3) is 0 Å². The van der Waals surface area contributed by atoms with Crippen molar-refractivity contribution in [1.82, 2.24) is 0 Å². The van der Waals surface area contributed by atoms with Gasteiger partial charge < -0.3 is 15.6 Å². The van der Waals surface area contributed by atoms with Crippen LogP contribution in [0.4, 0.5) is 5.69 Å². The first-order chi connectivity index (χ1) is 8.86. The summed E-state index contributed by atoms with van der Waals surface area (Å²) in [5.41, 5.74) is 6.44. The van der Waals surface area contributed by atoms with Crippen LogP contribution in [-0.4, -0.2) is 29.0 Å². The molecule has 0 bridgehead atoms. The summed E-state index contributed by atoms with van der Waals surface area (Å²) >= 11 is 7.47. The van der Waals surface area contributed by atoms with E-state index in [4.69, 9.17) is 22.1 Å². The Labute approximate surface area is 122 Å². The number of ether oxygens (including phenoxy) is 1. The summed E-state index contributed by atoms with van der Waals surface area (Å²) < 4.78 is 4.99. The molecule has 0 saturated carbocycles. The van der Waals surface area contributed by atoms with Crippen LogP contribution in [0.2, 0.25) is 5.02 Å². The van der Waals surface area contributed by atoms with Crippen LogP contribution in [0, 0.1) is 0 Å². The Kier molecular flexibility index (Phi) is 5.97. The van der Waals surface area contributed by atoms with Crippen LogP contribution in [0.25, 0.3) is 0 Å². The number of hydrogen-bond donors (Lipinski definition) is 2. The Morgan fingerprint density at radius 2 is 2.16 bits per heavy atom. The first kappa shape index (κ1) is 16.1. The van der Waals surface area contributed by atoms with Crippen LogP contribution in [-0.2, 0) is 4.74 Å². The van der Waals surface area contributed by atoms with Crippen molar-refractivity contribution in [2.45, 2.75) is 37.0 Å². The van der Waals surface area contributed by atoms with Gasteiger partial charge in [-0.05, 0) is 26.0 Å². The molecule has 0 spiro atoms. The summed E-state index contributed by atoms with van der Waals surface area (Å²) in [6, 6.07) is 3.13. The van der Waals surface area contributed by atoms with E-state index in [0.717, 1.165) is 0 Å². The zero-order chi connectivity index (χ0) is 14.6. The molecule has 0 amide bonds. The topological polar surface area (TPSA) is 72.5 Å². The van der Waals surface area contributed by atoms with E-state index in [1.165, 1.54) is 11.8 Å².